The van der Waals surface area contributed by atoms with E-state index in [1.54, 1.807) is 12.1 Å². The molecule has 0 N–H and O–H groups in total. The average molecular weight is 434 g/mol. The van der Waals surface area contributed by atoms with Gasteiger partial charge >= 0.3 is 0 Å². The molecule has 1 fully saturated rings. The van der Waals surface area contributed by atoms with Crippen LogP contribution in [0.3, 0.4) is 0 Å². The van der Waals surface area contributed by atoms with Crippen molar-refractivity contribution in [3.8, 4) is 6.07 Å². The number of pyridine rings is 1. The van der Waals surface area contributed by atoms with Crippen LogP contribution in [0.15, 0.2) is 35.4 Å². The lowest BCUT2D eigenvalue weighted by Crippen LogP contribution is -2.31. The molecule has 0 bridgehead atoms. The summed E-state index contributed by atoms with van der Waals surface area (Å²) in [6, 6.07) is 11.6. The molecule has 1 aromatic carbocycles. The van der Waals surface area contributed by atoms with E-state index in [4.69, 9.17) is 4.98 Å². The topological polar surface area (TPSA) is 74.1 Å². The van der Waals surface area contributed by atoms with Gasteiger partial charge in [0.15, 0.2) is 0 Å². The molecule has 1 saturated heterocycles. The van der Waals surface area contributed by atoms with Gasteiger partial charge in [-0.05, 0) is 61.3 Å². The normalized spacial score (nSPS) is 21.2. The van der Waals surface area contributed by atoms with Gasteiger partial charge in [-0.2, -0.15) is 5.26 Å². The number of nitrogens with zero attached hydrogens (tertiary/aromatic N) is 3. The van der Waals surface area contributed by atoms with Crippen LogP contribution < -0.4 is 4.90 Å². The number of nitriles is 1. The first-order valence-electron chi connectivity index (χ1n) is 10.7. The van der Waals surface area contributed by atoms with Crippen molar-refractivity contribution in [2.24, 2.45) is 11.3 Å². The van der Waals surface area contributed by atoms with Crippen LogP contribution in [0.4, 0.5) is 5.69 Å². The number of imide groups is 1. The highest BCUT2D eigenvalue weighted by Gasteiger charge is 2.41. The van der Waals surface area contributed by atoms with Gasteiger partial charge in [-0.1, -0.05) is 50.2 Å². The molecule has 2 amide bonds. The highest BCUT2D eigenvalue weighted by Crippen LogP contribution is 2.40. The predicted octanol–water partition coefficient (Wildman–Crippen LogP) is 4.84. The summed E-state index contributed by atoms with van der Waals surface area (Å²) < 4.78 is 0. The van der Waals surface area contributed by atoms with Crippen LogP contribution in [0.1, 0.15) is 56.0 Å². The van der Waals surface area contributed by atoms with Gasteiger partial charge in [0.2, 0.25) is 11.8 Å². The number of rotatable bonds is 3. The number of hydrogen-bond acceptors (Lipinski definition) is 5. The lowest BCUT2D eigenvalue weighted by molar-refractivity contribution is -0.121. The maximum atomic E-state index is 13.0. The second-order valence-corrected chi connectivity index (χ2v) is 10.8. The van der Waals surface area contributed by atoms with Gasteiger partial charge in [-0.25, -0.2) is 9.88 Å². The number of thioether (sulfide) groups is 1. The van der Waals surface area contributed by atoms with Crippen LogP contribution >= 0.6 is 11.8 Å². The molecule has 1 aliphatic carbocycles. The van der Waals surface area contributed by atoms with E-state index < -0.39 is 5.25 Å². The largest absolute Gasteiger partial charge is 0.274 e. The maximum Gasteiger partial charge on any atom is 0.247 e. The summed E-state index contributed by atoms with van der Waals surface area (Å²) in [6.07, 6.45) is 2.99. The molecule has 0 radical (unpaired) electrons. The van der Waals surface area contributed by atoms with Gasteiger partial charge in [-0.15, -0.1) is 0 Å². The lowest BCUT2D eigenvalue weighted by Gasteiger charge is -2.34. The Morgan fingerprint density at radius 3 is 2.52 bits per heavy atom. The minimum Gasteiger partial charge on any atom is -0.274 e. The van der Waals surface area contributed by atoms with Crippen LogP contribution in [-0.2, 0) is 22.4 Å². The molecular formula is C25H27N3O2S. The van der Waals surface area contributed by atoms with E-state index in [0.717, 1.165) is 36.1 Å². The third-order valence-electron chi connectivity index (χ3n) is 6.35. The van der Waals surface area contributed by atoms with Crippen LogP contribution in [-0.4, -0.2) is 22.0 Å². The number of carbonyl (C=O) groups is 2. The number of benzene rings is 1. The van der Waals surface area contributed by atoms with E-state index in [1.807, 2.05) is 25.1 Å². The fraction of sp³-hybridized carbons (Fsp3) is 0.440. The molecule has 5 nitrogen and oxygen atoms in total. The molecule has 31 heavy (non-hydrogen) atoms. The van der Waals surface area contributed by atoms with Gasteiger partial charge in [-0.3, -0.25) is 9.59 Å². The number of hydrogen-bond donors (Lipinski definition) is 0. The van der Waals surface area contributed by atoms with Gasteiger partial charge in [0.25, 0.3) is 0 Å². The van der Waals surface area contributed by atoms with Crippen LogP contribution in [0.5, 0.6) is 0 Å². The van der Waals surface area contributed by atoms with Crippen molar-refractivity contribution < 1.29 is 9.59 Å². The Morgan fingerprint density at radius 2 is 1.87 bits per heavy atom. The highest BCUT2D eigenvalue weighted by atomic mass is 32.2. The molecule has 0 saturated carbocycles. The zero-order chi connectivity index (χ0) is 22.3. The van der Waals surface area contributed by atoms with Crippen molar-refractivity contribution >= 4 is 29.3 Å². The summed E-state index contributed by atoms with van der Waals surface area (Å²) in [5.41, 5.74) is 4.53. The molecule has 1 aliphatic heterocycles. The molecular weight excluding hydrogens is 406 g/mol. The van der Waals surface area contributed by atoms with Crippen LogP contribution in [0.25, 0.3) is 0 Å². The summed E-state index contributed by atoms with van der Waals surface area (Å²) in [7, 11) is 0. The van der Waals surface area contributed by atoms with Crippen molar-refractivity contribution in [1.29, 1.82) is 5.26 Å². The first-order valence-corrected chi connectivity index (χ1v) is 11.6. The van der Waals surface area contributed by atoms with Gasteiger partial charge in [0.05, 0.1) is 16.5 Å². The Morgan fingerprint density at radius 1 is 1.16 bits per heavy atom. The standard InChI is InChI=1S/C25H27N3O2S/c1-15-5-8-19(9-6-15)28-22(29)13-21(24(28)30)31-23-17(14-26)11-16-12-18(25(2,3)4)7-10-20(16)27-23/h5-6,8-9,11,18,21H,7,10,12-13H2,1-4H3/t18-,21-/m1/s1. The van der Waals surface area contributed by atoms with Crippen molar-refractivity contribution in [2.45, 2.75) is 63.7 Å². The van der Waals surface area contributed by atoms with E-state index in [0.29, 0.717) is 22.2 Å². The van der Waals surface area contributed by atoms with Crippen molar-refractivity contribution in [1.82, 2.24) is 4.98 Å². The lowest BCUT2D eigenvalue weighted by atomic mass is 9.71. The summed E-state index contributed by atoms with van der Waals surface area (Å²) in [5, 5.41) is 9.73. The zero-order valence-corrected chi connectivity index (χ0v) is 19.3. The summed E-state index contributed by atoms with van der Waals surface area (Å²) in [6.45, 7) is 8.74. The molecule has 4 rings (SSSR count). The monoisotopic (exact) mass is 433 g/mol. The summed E-state index contributed by atoms with van der Waals surface area (Å²) >= 11 is 1.25. The number of anilines is 1. The number of aryl methyl sites for hydroxylation is 2. The molecule has 6 heteroatoms. The van der Waals surface area contributed by atoms with Crippen molar-refractivity contribution in [3.05, 3.63) is 52.7 Å². The SMILES string of the molecule is Cc1ccc(N2C(=O)C[C@@H](Sc3nc4c(cc3C#N)C[C@H](C(C)(C)C)CC4)C2=O)cc1. The second kappa shape index (κ2) is 8.12. The Labute approximate surface area is 187 Å². The number of aromatic nitrogens is 1. The summed E-state index contributed by atoms with van der Waals surface area (Å²) in [4.78, 5) is 31.7. The summed E-state index contributed by atoms with van der Waals surface area (Å²) in [5.74, 6) is 0.106. The van der Waals surface area contributed by atoms with Crippen molar-refractivity contribution in [2.75, 3.05) is 4.90 Å². The van der Waals surface area contributed by atoms with E-state index >= 15 is 0 Å². The van der Waals surface area contributed by atoms with Gasteiger partial charge < -0.3 is 0 Å². The average Bonchev–Trinajstić information content (AvgIpc) is 3.00. The molecule has 1 aromatic heterocycles. The number of fused-ring (bicyclic) bond motifs is 1. The van der Waals surface area contributed by atoms with E-state index in [-0.39, 0.29) is 23.7 Å². The second-order valence-electron chi connectivity index (χ2n) is 9.58. The fourth-order valence-corrected chi connectivity index (χ4v) is 5.45. The molecule has 2 heterocycles. The minimum absolute atomic E-state index is 0.118. The third-order valence-corrected chi connectivity index (χ3v) is 7.54. The Hall–Kier alpha value is -2.65. The maximum absolute atomic E-state index is 13.0. The zero-order valence-electron chi connectivity index (χ0n) is 18.4. The number of carbonyl (C=O) groups excluding carboxylic acids is 2. The molecule has 2 aromatic rings. The molecule has 0 spiro atoms. The van der Waals surface area contributed by atoms with Crippen LogP contribution in [0.2, 0.25) is 0 Å². The highest BCUT2D eigenvalue weighted by molar-refractivity contribution is 8.00. The first-order chi connectivity index (χ1) is 14.7. The fourth-order valence-electron chi connectivity index (χ4n) is 4.35. The van der Waals surface area contributed by atoms with E-state index in [1.165, 1.54) is 16.7 Å². The van der Waals surface area contributed by atoms with Crippen LogP contribution in [0, 0.1) is 29.6 Å². The molecule has 160 valence electrons. The van der Waals surface area contributed by atoms with E-state index in [2.05, 4.69) is 26.8 Å². The first kappa shape index (κ1) is 21.6. The molecule has 2 aliphatic rings. The third kappa shape index (κ3) is 4.24. The van der Waals surface area contributed by atoms with Crippen molar-refractivity contribution in [3.63, 3.8) is 0 Å². The minimum atomic E-state index is -0.558. The van der Waals surface area contributed by atoms with Gasteiger partial charge in [0.1, 0.15) is 11.1 Å². The molecule has 2 atom stereocenters. The smallest absolute Gasteiger partial charge is 0.247 e. The van der Waals surface area contributed by atoms with E-state index in [9.17, 15) is 14.9 Å². The Balaban J connectivity index is 1.57. The Kier molecular flexibility index (Phi) is 5.65. The predicted molar refractivity (Wildman–Crippen MR) is 122 cm³/mol. The van der Waals surface area contributed by atoms with Gasteiger partial charge in [0, 0.05) is 12.1 Å². The quantitative estimate of drug-likeness (QED) is 0.648. The number of amides is 2. The Bertz CT molecular complexity index is 1080. The molecule has 0 unspecified atom stereocenters.